The van der Waals surface area contributed by atoms with Crippen molar-refractivity contribution in [3.8, 4) is 0 Å². The summed E-state index contributed by atoms with van der Waals surface area (Å²) >= 11 is 0. The number of piperidine rings is 2. The van der Waals surface area contributed by atoms with Gasteiger partial charge in [0, 0.05) is 36.4 Å². The predicted octanol–water partition coefficient (Wildman–Crippen LogP) is 4.45. The maximum absolute atomic E-state index is 13.9. The number of carbonyl (C=O) groups excluding carboxylic acids is 2. The van der Waals surface area contributed by atoms with E-state index in [9.17, 15) is 19.5 Å². The number of carbonyl (C=O) groups is 3. The van der Waals surface area contributed by atoms with Crippen LogP contribution in [0.3, 0.4) is 0 Å². The number of para-hydroxylation sites is 1. The van der Waals surface area contributed by atoms with Gasteiger partial charge in [-0.1, -0.05) is 43.9 Å². The lowest BCUT2D eigenvalue weighted by molar-refractivity contribution is -0.152. The summed E-state index contributed by atoms with van der Waals surface area (Å²) in [6.07, 6.45) is 14.6. The number of hydrogen-bond donors (Lipinski definition) is 1. The van der Waals surface area contributed by atoms with E-state index in [1.165, 1.54) is 49.8 Å². The van der Waals surface area contributed by atoms with Crippen LogP contribution in [0.15, 0.2) is 30.3 Å². The minimum absolute atomic E-state index is 0.0422. The van der Waals surface area contributed by atoms with E-state index in [0.717, 1.165) is 43.2 Å². The molecule has 5 aliphatic rings. The highest BCUT2D eigenvalue weighted by molar-refractivity contribution is 6.40. The van der Waals surface area contributed by atoms with Gasteiger partial charge in [-0.3, -0.25) is 14.5 Å². The highest BCUT2D eigenvalue weighted by atomic mass is 16.4. The van der Waals surface area contributed by atoms with Crippen molar-refractivity contribution >= 4 is 23.5 Å². The monoisotopic (exact) mass is 507 g/mol. The molecule has 3 heterocycles. The molecule has 6 rings (SSSR count). The number of fused-ring (bicyclic) bond motifs is 4. The number of likely N-dealkylation sites (tertiary alicyclic amines) is 1. The molecular formula is C30H41N3O4. The van der Waals surface area contributed by atoms with Gasteiger partial charge in [0.15, 0.2) is 0 Å². The van der Waals surface area contributed by atoms with Crippen LogP contribution in [0.25, 0.3) is 0 Å². The van der Waals surface area contributed by atoms with Crippen molar-refractivity contribution in [2.45, 2.75) is 114 Å². The third-order valence-electron chi connectivity index (χ3n) is 10.1. The van der Waals surface area contributed by atoms with Crippen LogP contribution in [0.4, 0.5) is 5.69 Å². The molecule has 37 heavy (non-hydrogen) atoms. The summed E-state index contributed by atoms with van der Waals surface area (Å²) in [6.45, 7) is 0.331. The lowest BCUT2D eigenvalue weighted by atomic mass is 9.68. The van der Waals surface area contributed by atoms with Crippen LogP contribution in [0.1, 0.15) is 83.5 Å². The maximum atomic E-state index is 13.9. The number of carboxylic acid groups (broad SMARTS) is 1. The van der Waals surface area contributed by atoms with Crippen LogP contribution < -0.4 is 4.90 Å². The van der Waals surface area contributed by atoms with Crippen molar-refractivity contribution in [1.82, 2.24) is 9.80 Å². The number of rotatable bonds is 4. The van der Waals surface area contributed by atoms with Crippen molar-refractivity contribution in [1.29, 1.82) is 0 Å². The zero-order chi connectivity index (χ0) is 25.5. The van der Waals surface area contributed by atoms with E-state index in [2.05, 4.69) is 4.90 Å². The second-order valence-electron chi connectivity index (χ2n) is 12.3. The van der Waals surface area contributed by atoms with Crippen molar-refractivity contribution in [3.63, 3.8) is 0 Å². The normalized spacial score (nSPS) is 35.7. The Morgan fingerprint density at radius 1 is 0.757 bits per heavy atom. The number of anilines is 1. The summed E-state index contributed by atoms with van der Waals surface area (Å²) in [7, 11) is 0. The van der Waals surface area contributed by atoms with Crippen LogP contribution in [-0.4, -0.2) is 69.4 Å². The third-order valence-corrected chi connectivity index (χ3v) is 10.1. The largest absolute Gasteiger partial charge is 0.480 e. The van der Waals surface area contributed by atoms with Gasteiger partial charge in [-0.2, -0.15) is 0 Å². The maximum Gasteiger partial charge on any atom is 0.326 e. The molecule has 0 aromatic heterocycles. The van der Waals surface area contributed by atoms with Gasteiger partial charge in [-0.15, -0.1) is 0 Å². The van der Waals surface area contributed by atoms with E-state index in [4.69, 9.17) is 0 Å². The van der Waals surface area contributed by atoms with E-state index >= 15 is 0 Å². The van der Waals surface area contributed by atoms with Crippen LogP contribution in [0.2, 0.25) is 0 Å². The Bertz CT molecular complexity index is 989. The lowest BCUT2D eigenvalue weighted by Crippen LogP contribution is -2.63. The Morgan fingerprint density at radius 2 is 1.41 bits per heavy atom. The van der Waals surface area contributed by atoms with E-state index < -0.39 is 23.8 Å². The summed E-state index contributed by atoms with van der Waals surface area (Å²) in [4.78, 5) is 44.9. The minimum atomic E-state index is -1.02. The van der Waals surface area contributed by atoms with Crippen LogP contribution in [0, 0.1) is 11.8 Å². The van der Waals surface area contributed by atoms with Gasteiger partial charge >= 0.3 is 17.8 Å². The zero-order valence-corrected chi connectivity index (χ0v) is 21.8. The Kier molecular flexibility index (Phi) is 6.99. The van der Waals surface area contributed by atoms with Gasteiger partial charge in [0.1, 0.15) is 6.04 Å². The first kappa shape index (κ1) is 24.9. The molecule has 2 unspecified atom stereocenters. The lowest BCUT2D eigenvalue weighted by Gasteiger charge is -2.56. The summed E-state index contributed by atoms with van der Waals surface area (Å²) < 4.78 is 0. The molecular weight excluding hydrogens is 466 g/mol. The Balaban J connectivity index is 1.25. The summed E-state index contributed by atoms with van der Waals surface area (Å²) in [5.41, 5.74) is 0.746. The average Bonchev–Trinajstić information content (AvgIpc) is 3.39. The highest BCUT2D eigenvalue weighted by Crippen LogP contribution is 2.46. The highest BCUT2D eigenvalue weighted by Gasteiger charge is 2.48. The van der Waals surface area contributed by atoms with Gasteiger partial charge in [0.25, 0.3) is 0 Å². The SMILES string of the molecule is O=C(O)[C@@H]1CCCN1C(=O)C(=O)N(c1ccccc1)C1C[C@H]2CCC[C@@H](C1)N2C1C[C@H]2CCC[C@@H](C1)C2. The molecule has 7 heteroatoms. The third kappa shape index (κ3) is 4.80. The minimum Gasteiger partial charge on any atom is -0.480 e. The van der Waals surface area contributed by atoms with Gasteiger partial charge in [0.05, 0.1) is 0 Å². The summed E-state index contributed by atoms with van der Waals surface area (Å²) in [5.74, 6) is -0.480. The molecule has 2 amide bonds. The first-order valence-corrected chi connectivity index (χ1v) is 14.7. The summed E-state index contributed by atoms with van der Waals surface area (Å²) in [5, 5.41) is 9.62. The molecule has 200 valence electrons. The molecule has 3 aliphatic heterocycles. The zero-order valence-electron chi connectivity index (χ0n) is 21.8. The second kappa shape index (κ2) is 10.4. The molecule has 0 spiro atoms. The molecule has 7 nitrogen and oxygen atoms in total. The number of aliphatic carboxylic acids is 1. The molecule has 1 aromatic carbocycles. The van der Waals surface area contributed by atoms with Crippen LogP contribution in [-0.2, 0) is 14.4 Å². The fourth-order valence-corrected chi connectivity index (χ4v) is 8.71. The number of hydrogen-bond acceptors (Lipinski definition) is 4. The average molecular weight is 508 g/mol. The van der Waals surface area contributed by atoms with Gasteiger partial charge in [0.2, 0.25) is 0 Å². The second-order valence-corrected chi connectivity index (χ2v) is 12.3. The van der Waals surface area contributed by atoms with E-state index in [0.29, 0.717) is 37.5 Å². The first-order chi connectivity index (χ1) is 18.0. The topological polar surface area (TPSA) is 81.2 Å². The first-order valence-electron chi connectivity index (χ1n) is 14.7. The smallest absolute Gasteiger partial charge is 0.326 e. The van der Waals surface area contributed by atoms with Gasteiger partial charge in [-0.25, -0.2) is 4.79 Å². The van der Waals surface area contributed by atoms with Crippen LogP contribution in [0.5, 0.6) is 0 Å². The van der Waals surface area contributed by atoms with Crippen molar-refractivity contribution in [3.05, 3.63) is 30.3 Å². The fraction of sp³-hybridized carbons (Fsp3) is 0.700. The Hall–Kier alpha value is -2.41. The predicted molar refractivity (Wildman–Crippen MR) is 141 cm³/mol. The fourth-order valence-electron chi connectivity index (χ4n) is 8.71. The molecule has 0 radical (unpaired) electrons. The standard InChI is InChI=1S/C30H41N3O4/c34-28(31-14-6-13-27(31)30(36)37)29(35)33(22-9-2-1-3-10-22)26-18-23-11-5-12-24(19-26)32(23)25-16-20-7-4-8-21(15-20)17-25/h1-3,9-10,20-21,23-27H,4-8,11-19H2,(H,36,37)/t20-,21+,23-,24+,25?,26?,27-/m0/s1. The quantitative estimate of drug-likeness (QED) is 0.609. The van der Waals surface area contributed by atoms with E-state index in [1.807, 2.05) is 30.3 Å². The van der Waals surface area contributed by atoms with Crippen LogP contribution >= 0.6 is 0 Å². The van der Waals surface area contributed by atoms with Gasteiger partial charge in [-0.05, 0) is 81.8 Å². The molecule has 1 aromatic rings. The van der Waals surface area contributed by atoms with Gasteiger partial charge < -0.3 is 14.9 Å². The van der Waals surface area contributed by atoms with E-state index in [1.54, 1.807) is 4.90 Å². The molecule has 5 fully saturated rings. The number of carboxylic acids is 1. The van der Waals surface area contributed by atoms with Crippen molar-refractivity contribution in [2.75, 3.05) is 11.4 Å². The molecule has 1 N–H and O–H groups in total. The number of benzene rings is 1. The summed E-state index contributed by atoms with van der Waals surface area (Å²) in [6, 6.07) is 10.2. The number of amides is 2. The number of nitrogens with zero attached hydrogens (tertiary/aromatic N) is 3. The Morgan fingerprint density at radius 3 is 2.05 bits per heavy atom. The molecule has 4 bridgehead atoms. The van der Waals surface area contributed by atoms with Crippen molar-refractivity contribution < 1.29 is 19.5 Å². The molecule has 7 atom stereocenters. The molecule has 2 saturated carbocycles. The molecule has 2 aliphatic carbocycles. The molecule has 3 saturated heterocycles. The Labute approximate surface area is 220 Å². The van der Waals surface area contributed by atoms with E-state index in [-0.39, 0.29) is 6.04 Å². The van der Waals surface area contributed by atoms with Crippen molar-refractivity contribution in [2.24, 2.45) is 11.8 Å².